The molecular formula is C79H155N7O47. The Labute approximate surface area is 769 Å². The van der Waals surface area contributed by atoms with Gasteiger partial charge in [0.05, 0.1) is 82.9 Å². The summed E-state index contributed by atoms with van der Waals surface area (Å²) in [5.74, 6) is -4.30. The van der Waals surface area contributed by atoms with Crippen LogP contribution in [0.2, 0.25) is 0 Å². The highest BCUT2D eigenvalue weighted by atomic mass is 16.8. The van der Waals surface area contributed by atoms with Gasteiger partial charge in [-0.2, -0.15) is 0 Å². The summed E-state index contributed by atoms with van der Waals surface area (Å²) in [7, 11) is 0. The van der Waals surface area contributed by atoms with Gasteiger partial charge in [-0.3, -0.25) is 28.8 Å². The second kappa shape index (κ2) is 63.7. The van der Waals surface area contributed by atoms with Crippen LogP contribution in [0.1, 0.15) is 124 Å². The molecule has 0 aromatic carbocycles. The van der Waals surface area contributed by atoms with Crippen LogP contribution in [-0.4, -0.2) is 526 Å². The Kier molecular flexibility index (Phi) is 61.4. The third-order valence-electron chi connectivity index (χ3n) is 21.1. The molecule has 0 aromatic heterocycles. The molecular weight excluding hydrogens is 1800 g/mol. The molecule has 788 valence electrons. The van der Waals surface area contributed by atoms with E-state index < -0.39 is 332 Å². The lowest BCUT2D eigenvalue weighted by molar-refractivity contribution is -0.346. The zero-order valence-corrected chi connectivity index (χ0v) is 73.7. The molecule has 6 aliphatic rings. The molecule has 6 saturated heterocycles. The summed E-state index contributed by atoms with van der Waals surface area (Å²) in [5.41, 5.74) is 0. The molecule has 43 atom stereocenters. The molecule has 0 unspecified atom stereocenters. The fourth-order valence-electron chi connectivity index (χ4n) is 13.5. The van der Waals surface area contributed by atoms with E-state index in [1.165, 1.54) is 27.7 Å². The molecule has 0 aliphatic carbocycles. The minimum absolute atomic E-state index is 0. The summed E-state index contributed by atoms with van der Waals surface area (Å²) < 4.78 is 65.3. The lowest BCUT2D eigenvalue weighted by Gasteiger charge is -2.45. The molecule has 6 rings (SSSR count). The minimum Gasteiger partial charge on any atom is -0.394 e. The van der Waals surface area contributed by atoms with Crippen molar-refractivity contribution in [2.45, 2.75) is 387 Å². The van der Waals surface area contributed by atoms with Crippen LogP contribution in [0.3, 0.4) is 0 Å². The van der Waals surface area contributed by atoms with E-state index in [2.05, 4.69) is 37.2 Å². The fourth-order valence-corrected chi connectivity index (χ4v) is 13.5. The topological polar surface area (TPSA) is 884 Å². The maximum Gasteiger partial charge on any atom is 0.245 e. The quantitative estimate of drug-likeness (QED) is 0.0252. The first-order valence-corrected chi connectivity index (χ1v) is 42.6. The molecule has 0 bridgehead atoms. The molecule has 54 nitrogen and oxygen atoms in total. The molecule has 0 saturated carbocycles. The number of aliphatic hydroxyl groups excluding tert-OH is 29. The molecule has 6 fully saturated rings. The lowest BCUT2D eigenvalue weighted by Crippen LogP contribution is -2.66. The van der Waals surface area contributed by atoms with Crippen LogP contribution in [0.4, 0.5) is 0 Å². The highest BCUT2D eigenvalue weighted by molar-refractivity contribution is 5.89. The molecule has 54 heteroatoms. The Hall–Kier alpha value is -4.86. The normalized spacial score (nSPS) is 34.7. The summed E-state index contributed by atoms with van der Waals surface area (Å²) in [6.07, 6.45) is -61.4. The summed E-state index contributed by atoms with van der Waals surface area (Å²) >= 11 is 0. The highest BCUT2D eigenvalue weighted by Gasteiger charge is 2.55. The number of hydrogen-bond donors (Lipinski definition) is 36. The number of hydrogen-bond acceptors (Lipinski definition) is 48. The molecule has 0 spiro atoms. The molecule has 0 radical (unpaired) electrons. The van der Waals surface area contributed by atoms with Gasteiger partial charge in [0.25, 0.3) is 0 Å². The SMILES string of the molecule is C.C.C.CCCNC(=O)[C@H](NC(C)=O)[C@@H](O)C[C@H](O)CO[C@H]1O[C@@H](C)[C@@H](O)[C@@H](O)[C@@H]1O.CCCNC(=O)[C@H](NC(C)=O)[C@@H](O[C@@H]1O[C@H](C)[C@H](O)[C@@H](O)[C@@H]1O)[C@H](O[C@@H]1O[C@H](CO)[C@H](O)[C@H](O)[C@H]1O)[C@H](O)CO.CCCNC(=O)[C@H](NC(C)=O)[C@@H](O[C@@H]1O[C@H](CO)[C@H](O)[C@H](O)[C@H]1O)[C@H](O[C@@H]1O[C@@H](C)[C@@H](O)[C@@H](O)[C@@H]1O)[C@H](O)CO.CCCNC[C@H](O)[C@@H](O)[C@@H](CO)O[C@@H]1OC[C@@H](O)[C@H](O)[C@H]1O. The van der Waals surface area contributed by atoms with Crippen LogP contribution >= 0.6 is 0 Å². The van der Waals surface area contributed by atoms with Gasteiger partial charge in [-0.1, -0.05) is 50.0 Å². The van der Waals surface area contributed by atoms with Gasteiger partial charge < -0.3 is 242 Å². The van der Waals surface area contributed by atoms with Crippen LogP contribution in [0, 0.1) is 0 Å². The number of carbonyl (C=O) groups is 6. The van der Waals surface area contributed by atoms with Crippen LogP contribution in [-0.2, 0) is 85.6 Å². The number of aliphatic hydroxyl groups is 29. The van der Waals surface area contributed by atoms with Crippen molar-refractivity contribution in [1.82, 2.24) is 37.2 Å². The largest absolute Gasteiger partial charge is 0.394 e. The zero-order chi connectivity index (χ0) is 98.7. The Bertz CT molecular complexity index is 3210. The maximum absolute atomic E-state index is 13.2. The third kappa shape index (κ3) is 38.3. The number of carbonyl (C=O) groups excluding carboxylic acids is 6. The van der Waals surface area contributed by atoms with Crippen molar-refractivity contribution in [1.29, 1.82) is 0 Å². The molecule has 0 aromatic rings. The van der Waals surface area contributed by atoms with Gasteiger partial charge in [0, 0.05) is 53.4 Å². The van der Waals surface area contributed by atoms with Crippen molar-refractivity contribution in [3.05, 3.63) is 0 Å². The van der Waals surface area contributed by atoms with E-state index in [0.29, 0.717) is 32.4 Å². The van der Waals surface area contributed by atoms with Crippen molar-refractivity contribution in [2.75, 3.05) is 79.0 Å². The molecule has 133 heavy (non-hydrogen) atoms. The van der Waals surface area contributed by atoms with Crippen molar-refractivity contribution in [3.8, 4) is 0 Å². The second-order valence-electron chi connectivity index (χ2n) is 31.9. The molecule has 6 aliphatic heterocycles. The first-order chi connectivity index (χ1) is 61.1. The molecule has 36 N–H and O–H groups in total. The van der Waals surface area contributed by atoms with Gasteiger partial charge >= 0.3 is 0 Å². The fraction of sp³-hybridized carbons (Fsp3) is 0.924. The van der Waals surface area contributed by atoms with E-state index in [4.69, 9.17) is 56.8 Å². The van der Waals surface area contributed by atoms with E-state index >= 15 is 0 Å². The van der Waals surface area contributed by atoms with Gasteiger partial charge in [-0.25, -0.2) is 0 Å². The Morgan fingerprint density at radius 3 is 1.01 bits per heavy atom. The average molecular weight is 1960 g/mol. The standard InChI is InChI=1S/2C23H42N2O15.C17H32N2O9.C13H27NO8.3CH4/c1-4-5-24-21(36)12(25-9(3)28)20(40-22-17(34)15(32)13(30)8(2)37-22)19(10(29)6-26)39-23-18(35)16(33)14(31)11(7-27)38-23;1-4-5-24-21(36)12(25-9(3)28)20(40-23-18(35)16(33)14(31)11(7-27)38-23)19(10(29)6-26)39-22-17(34)15(32)13(30)8(2)37-22;1-4-5-18-16(26)12(19-9(3)20)11(22)6-10(21)7-27-17-15(25)14(24)13(23)8(2)28-17;1-2-3-14-4-7(16)10(18)9(5-15)22-13-12(20)11(19)8(17)6-21-13;;;/h2*8,10-20,22-23,26-27,29-35H,4-7H2,1-3H3,(H,24,36)(H,25,28);8,10-15,17,21-25H,4-7H2,1-3H3,(H,18,26)(H,19,20);7-20H,2-6H2,1H3;3*1H4/t8-,10-,11-,12-,13+,14+,15-,16+,17+,18-,19-,20-,22+,23+;8-,10+,11+,12+,13+,14-,15+,16-,17-,18+,19+,20+,22-,23-;8-,10-,11-,12+,13+,14+,15-,17-;7-,8+,9+,10+,11-,12+,13-;;;/m1000.../s1. The number of rotatable bonds is 45. The molecule has 6 amide bonds. The van der Waals surface area contributed by atoms with Crippen molar-refractivity contribution in [3.63, 3.8) is 0 Å². The zero-order valence-electron chi connectivity index (χ0n) is 73.7. The van der Waals surface area contributed by atoms with Gasteiger partial charge in [0.15, 0.2) is 37.7 Å². The Morgan fingerprint density at radius 1 is 0.353 bits per heavy atom. The van der Waals surface area contributed by atoms with Gasteiger partial charge in [-0.15, -0.1) is 0 Å². The van der Waals surface area contributed by atoms with Gasteiger partial charge in [0.2, 0.25) is 35.4 Å². The van der Waals surface area contributed by atoms with Crippen molar-refractivity contribution < 1.29 is 234 Å². The van der Waals surface area contributed by atoms with Gasteiger partial charge in [0.1, 0.15) is 189 Å². The van der Waals surface area contributed by atoms with Crippen LogP contribution in [0.15, 0.2) is 0 Å². The monoisotopic (exact) mass is 1950 g/mol. The third-order valence-corrected chi connectivity index (χ3v) is 21.1. The first-order valence-electron chi connectivity index (χ1n) is 42.6. The Morgan fingerprint density at radius 2 is 0.669 bits per heavy atom. The van der Waals surface area contributed by atoms with E-state index in [1.54, 1.807) is 13.8 Å². The van der Waals surface area contributed by atoms with Crippen LogP contribution in [0.5, 0.6) is 0 Å². The number of nitrogens with one attached hydrogen (secondary N) is 7. The summed E-state index contributed by atoms with van der Waals surface area (Å²) in [5, 5.41) is 308. The summed E-state index contributed by atoms with van der Waals surface area (Å²) in [6.45, 7) is 11.4. The highest BCUT2D eigenvalue weighted by Crippen LogP contribution is 2.33. The van der Waals surface area contributed by atoms with E-state index in [-0.39, 0.29) is 61.5 Å². The minimum atomic E-state index is -1.97. The first kappa shape index (κ1) is 128. The predicted octanol–water partition coefficient (Wildman–Crippen LogP) is -17.1. The summed E-state index contributed by atoms with van der Waals surface area (Å²) in [4.78, 5) is 73.9. The summed E-state index contributed by atoms with van der Waals surface area (Å²) in [6, 6.07) is -4.68. The maximum atomic E-state index is 13.2. The molecule has 6 heterocycles. The van der Waals surface area contributed by atoms with Gasteiger partial charge in [-0.05, 0) is 53.0 Å². The van der Waals surface area contributed by atoms with Crippen LogP contribution < -0.4 is 37.2 Å². The van der Waals surface area contributed by atoms with E-state index in [1.807, 2.05) is 13.8 Å². The lowest BCUT2D eigenvalue weighted by atomic mass is 9.96. The van der Waals surface area contributed by atoms with E-state index in [9.17, 15) is 177 Å². The smallest absolute Gasteiger partial charge is 0.245 e. The Balaban J connectivity index is 0.00000178. The predicted molar refractivity (Wildman–Crippen MR) is 451 cm³/mol. The van der Waals surface area contributed by atoms with E-state index in [0.717, 1.165) is 20.3 Å². The van der Waals surface area contributed by atoms with Crippen LogP contribution in [0.25, 0.3) is 0 Å². The second-order valence-corrected chi connectivity index (χ2v) is 31.9. The van der Waals surface area contributed by atoms with Crippen molar-refractivity contribution >= 4 is 35.4 Å². The number of ether oxygens (including phenoxy) is 12. The van der Waals surface area contributed by atoms with Crippen molar-refractivity contribution in [2.24, 2.45) is 0 Å². The number of amides is 6. The average Bonchev–Trinajstić information content (AvgIpc) is 0.787.